The highest BCUT2D eigenvalue weighted by atomic mass is 32.2. The van der Waals surface area contributed by atoms with E-state index in [4.69, 9.17) is 0 Å². The van der Waals surface area contributed by atoms with Gasteiger partial charge in [0, 0.05) is 12.3 Å². The summed E-state index contributed by atoms with van der Waals surface area (Å²) in [5.41, 5.74) is -0.120. The summed E-state index contributed by atoms with van der Waals surface area (Å²) in [6.45, 7) is 0.714. The summed E-state index contributed by atoms with van der Waals surface area (Å²) >= 11 is 1.48. The van der Waals surface area contributed by atoms with Gasteiger partial charge in [-0.15, -0.1) is 0 Å². The molecule has 1 aliphatic heterocycles. The van der Waals surface area contributed by atoms with E-state index in [1.165, 1.54) is 30.0 Å². The number of amidine groups is 1. The molecule has 1 aromatic rings. The van der Waals surface area contributed by atoms with Crippen LogP contribution >= 0.6 is 11.8 Å². The van der Waals surface area contributed by atoms with E-state index in [0.717, 1.165) is 12.2 Å². The van der Waals surface area contributed by atoms with E-state index in [0.29, 0.717) is 11.7 Å². The maximum absolute atomic E-state index is 13.2. The summed E-state index contributed by atoms with van der Waals surface area (Å²) in [5.74, 6) is -0.255. The first kappa shape index (κ1) is 10.4. The van der Waals surface area contributed by atoms with Crippen LogP contribution in [0.25, 0.3) is 0 Å². The number of hydrogen-bond donors (Lipinski definition) is 1. The van der Waals surface area contributed by atoms with Gasteiger partial charge >= 0.3 is 0 Å². The molecular formula is C10H10F2N2S. The molecule has 5 heteroatoms. The maximum atomic E-state index is 13.2. The molecule has 0 atom stereocenters. The van der Waals surface area contributed by atoms with Gasteiger partial charge in [-0.1, -0.05) is 17.8 Å². The monoisotopic (exact) mass is 228 g/mol. The highest BCUT2D eigenvalue weighted by Gasteiger charge is 2.12. The summed E-state index contributed by atoms with van der Waals surface area (Å²) < 4.78 is 26.5. The Bertz CT molecular complexity index is 373. The van der Waals surface area contributed by atoms with Gasteiger partial charge in [-0.2, -0.15) is 0 Å². The summed E-state index contributed by atoms with van der Waals surface area (Å²) in [5, 5.41) is 3.27. The van der Waals surface area contributed by atoms with Crippen molar-refractivity contribution in [3.63, 3.8) is 0 Å². The normalized spacial score (nSPS) is 16.0. The largest absolute Gasteiger partial charge is 0.330 e. The molecule has 0 bridgehead atoms. The van der Waals surface area contributed by atoms with Crippen LogP contribution < -0.4 is 5.32 Å². The number of aliphatic imine (C=N–C) groups is 1. The molecule has 0 aliphatic carbocycles. The van der Waals surface area contributed by atoms with Crippen LogP contribution in [0.5, 0.6) is 0 Å². The van der Waals surface area contributed by atoms with Crippen LogP contribution in [-0.2, 0) is 0 Å². The van der Waals surface area contributed by atoms with E-state index < -0.39 is 11.6 Å². The third-order valence-corrected chi connectivity index (χ3v) is 2.99. The number of para-hydroxylation sites is 1. The molecule has 1 aromatic carbocycles. The highest BCUT2D eigenvalue weighted by molar-refractivity contribution is 8.14. The summed E-state index contributed by atoms with van der Waals surface area (Å²) in [6, 6.07) is 3.78. The third kappa shape index (κ3) is 2.47. The Morgan fingerprint density at radius 2 is 2.00 bits per heavy atom. The van der Waals surface area contributed by atoms with Gasteiger partial charge in [-0.3, -0.25) is 4.99 Å². The number of anilines is 1. The van der Waals surface area contributed by atoms with Gasteiger partial charge in [0.15, 0.2) is 5.17 Å². The average Bonchev–Trinajstić information content (AvgIpc) is 2.25. The first-order valence-electron chi connectivity index (χ1n) is 4.65. The van der Waals surface area contributed by atoms with E-state index in [1.807, 2.05) is 0 Å². The van der Waals surface area contributed by atoms with Crippen molar-refractivity contribution in [2.24, 2.45) is 4.99 Å². The van der Waals surface area contributed by atoms with Crippen LogP contribution in [0.15, 0.2) is 23.2 Å². The summed E-state index contributed by atoms with van der Waals surface area (Å²) in [7, 11) is 0. The predicted molar refractivity (Wildman–Crippen MR) is 59.4 cm³/mol. The van der Waals surface area contributed by atoms with Gasteiger partial charge in [-0.25, -0.2) is 8.78 Å². The molecule has 0 aromatic heterocycles. The number of benzene rings is 1. The standard InChI is InChI=1S/C10H10F2N2S/c11-7-3-1-4-8(12)9(7)14-10-13-5-2-6-15-10/h1,3-4H,2,5-6H2,(H,13,14). The third-order valence-electron chi connectivity index (χ3n) is 1.99. The average molecular weight is 228 g/mol. The van der Waals surface area contributed by atoms with Crippen molar-refractivity contribution < 1.29 is 8.78 Å². The molecule has 0 saturated carbocycles. The Kier molecular flexibility index (Phi) is 3.20. The number of nitrogens with zero attached hydrogens (tertiary/aromatic N) is 1. The molecule has 0 saturated heterocycles. The predicted octanol–water partition coefficient (Wildman–Crippen LogP) is 2.87. The lowest BCUT2D eigenvalue weighted by atomic mass is 10.3. The minimum Gasteiger partial charge on any atom is -0.330 e. The molecule has 0 fully saturated rings. The lowest BCUT2D eigenvalue weighted by molar-refractivity contribution is 0.591. The van der Waals surface area contributed by atoms with Crippen LogP contribution in [-0.4, -0.2) is 17.5 Å². The molecule has 15 heavy (non-hydrogen) atoms. The lowest BCUT2D eigenvalue weighted by Crippen LogP contribution is -2.15. The zero-order valence-electron chi connectivity index (χ0n) is 7.96. The molecule has 0 radical (unpaired) electrons. The Hall–Kier alpha value is -1.10. The Balaban J connectivity index is 2.19. The number of halogens is 2. The number of rotatable bonds is 1. The number of thioether (sulfide) groups is 1. The fourth-order valence-electron chi connectivity index (χ4n) is 1.26. The highest BCUT2D eigenvalue weighted by Crippen LogP contribution is 2.21. The second-order valence-corrected chi connectivity index (χ2v) is 4.19. The van der Waals surface area contributed by atoms with Gasteiger partial charge in [0.2, 0.25) is 0 Å². The van der Waals surface area contributed by atoms with Crippen molar-refractivity contribution in [2.75, 3.05) is 17.6 Å². The second kappa shape index (κ2) is 4.61. The molecule has 2 rings (SSSR count). The van der Waals surface area contributed by atoms with E-state index >= 15 is 0 Å². The zero-order valence-corrected chi connectivity index (χ0v) is 8.78. The quantitative estimate of drug-likeness (QED) is 0.799. The van der Waals surface area contributed by atoms with E-state index in [1.54, 1.807) is 0 Å². The number of nitrogens with one attached hydrogen (secondary N) is 1. The molecule has 0 unspecified atom stereocenters. The van der Waals surface area contributed by atoms with E-state index in [9.17, 15) is 8.78 Å². The van der Waals surface area contributed by atoms with Crippen molar-refractivity contribution in [3.8, 4) is 0 Å². The van der Waals surface area contributed by atoms with Crippen LogP contribution in [0.1, 0.15) is 6.42 Å². The SMILES string of the molecule is Fc1cccc(F)c1NC1=NCCCS1. The molecule has 1 aliphatic rings. The lowest BCUT2D eigenvalue weighted by Gasteiger charge is -2.14. The molecule has 1 heterocycles. The van der Waals surface area contributed by atoms with Crippen molar-refractivity contribution in [1.82, 2.24) is 0 Å². The minimum atomic E-state index is -0.594. The topological polar surface area (TPSA) is 24.4 Å². The smallest absolute Gasteiger partial charge is 0.161 e. The number of hydrogen-bond acceptors (Lipinski definition) is 3. The Morgan fingerprint density at radius 3 is 2.60 bits per heavy atom. The van der Waals surface area contributed by atoms with Crippen molar-refractivity contribution in [3.05, 3.63) is 29.8 Å². The fraction of sp³-hybridized carbons (Fsp3) is 0.300. The summed E-state index contributed by atoms with van der Waals surface area (Å²) in [6.07, 6.45) is 1.01. The van der Waals surface area contributed by atoms with Crippen LogP contribution in [0.3, 0.4) is 0 Å². The Morgan fingerprint density at radius 1 is 1.27 bits per heavy atom. The molecule has 1 N–H and O–H groups in total. The second-order valence-electron chi connectivity index (χ2n) is 3.11. The van der Waals surface area contributed by atoms with Crippen molar-refractivity contribution in [1.29, 1.82) is 0 Å². The van der Waals surface area contributed by atoms with Crippen molar-refractivity contribution in [2.45, 2.75) is 6.42 Å². The zero-order chi connectivity index (χ0) is 10.7. The van der Waals surface area contributed by atoms with Crippen molar-refractivity contribution >= 4 is 22.6 Å². The van der Waals surface area contributed by atoms with Gasteiger partial charge in [-0.05, 0) is 18.6 Å². The van der Waals surface area contributed by atoms with Crippen LogP contribution in [0.2, 0.25) is 0 Å². The van der Waals surface area contributed by atoms with E-state index in [2.05, 4.69) is 10.3 Å². The first-order chi connectivity index (χ1) is 7.27. The molecule has 0 spiro atoms. The minimum absolute atomic E-state index is 0.120. The van der Waals surface area contributed by atoms with E-state index in [-0.39, 0.29) is 5.69 Å². The molecule has 80 valence electrons. The van der Waals surface area contributed by atoms with Gasteiger partial charge < -0.3 is 5.32 Å². The first-order valence-corrected chi connectivity index (χ1v) is 5.64. The molecule has 2 nitrogen and oxygen atoms in total. The Labute approximate surface area is 90.8 Å². The van der Waals surface area contributed by atoms with Crippen LogP contribution in [0, 0.1) is 11.6 Å². The fourth-order valence-corrected chi connectivity index (χ4v) is 2.08. The molecule has 0 amide bonds. The molecular weight excluding hydrogens is 218 g/mol. The van der Waals surface area contributed by atoms with Gasteiger partial charge in [0.1, 0.15) is 17.3 Å². The maximum Gasteiger partial charge on any atom is 0.161 e. The van der Waals surface area contributed by atoms with Gasteiger partial charge in [0.05, 0.1) is 0 Å². The van der Waals surface area contributed by atoms with Crippen LogP contribution in [0.4, 0.5) is 14.5 Å². The summed E-state index contributed by atoms with van der Waals surface area (Å²) in [4.78, 5) is 4.14. The van der Waals surface area contributed by atoms with Gasteiger partial charge in [0.25, 0.3) is 0 Å².